The van der Waals surface area contributed by atoms with Gasteiger partial charge < -0.3 is 16.0 Å². The molecule has 1 aliphatic rings. The van der Waals surface area contributed by atoms with Gasteiger partial charge in [0.2, 0.25) is 5.95 Å². The normalized spacial score (nSPS) is 16.4. The molecule has 2 heterocycles. The summed E-state index contributed by atoms with van der Waals surface area (Å²) >= 11 is 0. The predicted molar refractivity (Wildman–Crippen MR) is 117 cm³/mol. The summed E-state index contributed by atoms with van der Waals surface area (Å²) in [7, 11) is 0. The lowest BCUT2D eigenvalue weighted by Gasteiger charge is -2.32. The molecule has 0 saturated carbocycles. The first-order valence-corrected chi connectivity index (χ1v) is 10.2. The molecule has 0 spiro atoms. The van der Waals surface area contributed by atoms with E-state index < -0.39 is 5.91 Å². The largest absolute Gasteiger partial charge is 0.364 e. The van der Waals surface area contributed by atoms with Crippen LogP contribution in [0.3, 0.4) is 0 Å². The molecule has 2 aromatic rings. The lowest BCUT2D eigenvalue weighted by Crippen LogP contribution is -2.37. The van der Waals surface area contributed by atoms with Crippen molar-refractivity contribution in [1.82, 2.24) is 15.2 Å². The van der Waals surface area contributed by atoms with Crippen molar-refractivity contribution in [3.8, 4) is 0 Å². The van der Waals surface area contributed by atoms with Gasteiger partial charge in [-0.15, -0.1) is 10.2 Å². The van der Waals surface area contributed by atoms with Crippen LogP contribution in [0, 0.1) is 5.92 Å². The zero-order chi connectivity index (χ0) is 21.7. The van der Waals surface area contributed by atoms with Gasteiger partial charge in [0.15, 0.2) is 17.3 Å². The van der Waals surface area contributed by atoms with Gasteiger partial charge in [0.1, 0.15) is 0 Å². The van der Waals surface area contributed by atoms with Gasteiger partial charge in [-0.25, -0.2) is 0 Å². The number of carbonyl (C=O) groups excluding carboxylic acids is 2. The fourth-order valence-electron chi connectivity index (χ4n) is 3.57. The average Bonchev–Trinajstić information content (AvgIpc) is 2.74. The summed E-state index contributed by atoms with van der Waals surface area (Å²) in [6.45, 7) is 9.22. The maximum absolute atomic E-state index is 11.8. The molecule has 1 aliphatic heterocycles. The third kappa shape index (κ3) is 5.20. The minimum absolute atomic E-state index is 0.0120. The van der Waals surface area contributed by atoms with Crippen LogP contribution < -0.4 is 16.0 Å². The molecule has 0 radical (unpaired) electrons. The van der Waals surface area contributed by atoms with Crippen LogP contribution in [0.4, 0.5) is 17.5 Å². The molecule has 8 nitrogen and oxygen atoms in total. The summed E-state index contributed by atoms with van der Waals surface area (Å²) in [4.78, 5) is 30.1. The second-order valence-electron chi connectivity index (χ2n) is 7.90. The molecule has 1 amide bonds. The number of nitrogens with one attached hydrogen (secondary N) is 1. The maximum atomic E-state index is 11.8. The number of amides is 1. The highest BCUT2D eigenvalue weighted by Gasteiger charge is 2.25. The number of ketones is 1. The number of nitrogens with zero attached hydrogens (tertiary/aromatic N) is 4. The Kier molecular flexibility index (Phi) is 6.76. The molecule has 158 valence electrons. The van der Waals surface area contributed by atoms with Crippen molar-refractivity contribution in [3.05, 3.63) is 48.2 Å². The van der Waals surface area contributed by atoms with Gasteiger partial charge in [-0.2, -0.15) is 4.98 Å². The van der Waals surface area contributed by atoms with Gasteiger partial charge >= 0.3 is 0 Å². The number of benzene rings is 1. The van der Waals surface area contributed by atoms with Crippen molar-refractivity contribution in [2.45, 2.75) is 39.0 Å². The number of piperidine rings is 1. The summed E-state index contributed by atoms with van der Waals surface area (Å²) in [6, 6.07) is 7.91. The average molecular weight is 409 g/mol. The molecule has 1 saturated heterocycles. The van der Waals surface area contributed by atoms with E-state index >= 15 is 0 Å². The number of rotatable bonds is 8. The van der Waals surface area contributed by atoms with Crippen LogP contribution in [-0.2, 0) is 4.79 Å². The molecule has 30 heavy (non-hydrogen) atoms. The van der Waals surface area contributed by atoms with Crippen LogP contribution in [0.15, 0.2) is 36.9 Å². The highest BCUT2D eigenvalue weighted by molar-refractivity contribution is 5.96. The van der Waals surface area contributed by atoms with Crippen molar-refractivity contribution in [2.24, 2.45) is 11.7 Å². The minimum Gasteiger partial charge on any atom is -0.364 e. The van der Waals surface area contributed by atoms with Crippen molar-refractivity contribution >= 4 is 29.1 Å². The molecule has 8 heteroatoms. The highest BCUT2D eigenvalue weighted by atomic mass is 16.1. The van der Waals surface area contributed by atoms with E-state index in [-0.39, 0.29) is 23.2 Å². The quantitative estimate of drug-likeness (QED) is 0.645. The van der Waals surface area contributed by atoms with E-state index in [0.29, 0.717) is 24.8 Å². The molecule has 0 aliphatic carbocycles. The summed E-state index contributed by atoms with van der Waals surface area (Å²) in [5, 5.41) is 11.3. The van der Waals surface area contributed by atoms with E-state index in [4.69, 9.17) is 5.73 Å². The Balaban J connectivity index is 1.82. The fraction of sp³-hybridized carbons (Fsp3) is 0.409. The molecule has 3 N–H and O–H groups in total. The number of hydrogen-bond acceptors (Lipinski definition) is 7. The van der Waals surface area contributed by atoms with Crippen LogP contribution in [0.1, 0.15) is 55.1 Å². The molecule has 1 atom stereocenters. The highest BCUT2D eigenvalue weighted by Crippen LogP contribution is 2.26. The second-order valence-corrected chi connectivity index (χ2v) is 7.90. The molecule has 1 aromatic heterocycles. The standard InChI is InChI=1S/C22H28N6O2/c1-4-18(29)12-15-6-5-11-28(13-15)22-25-21(19(20(23)30)26-27-22)24-17-9-7-16(8-10-17)14(2)3/h4,7-10,14-15H,1,5-6,11-13H2,2-3H3,(H2,23,30)(H,24,25,27)/t15-/m0/s1. The van der Waals surface area contributed by atoms with E-state index in [1.54, 1.807) is 0 Å². The van der Waals surface area contributed by atoms with E-state index in [2.05, 4.69) is 40.9 Å². The lowest BCUT2D eigenvalue weighted by atomic mass is 9.93. The third-order valence-corrected chi connectivity index (χ3v) is 5.27. The van der Waals surface area contributed by atoms with Crippen molar-refractivity contribution < 1.29 is 9.59 Å². The molecule has 0 unspecified atom stereocenters. The van der Waals surface area contributed by atoms with Gasteiger partial charge in [0.05, 0.1) is 0 Å². The molecule has 1 aromatic carbocycles. The van der Waals surface area contributed by atoms with Crippen LogP contribution in [0.25, 0.3) is 0 Å². The summed E-state index contributed by atoms with van der Waals surface area (Å²) < 4.78 is 0. The smallest absolute Gasteiger partial charge is 0.273 e. The Morgan fingerprint density at radius 2 is 2.03 bits per heavy atom. The van der Waals surface area contributed by atoms with Gasteiger partial charge in [-0.1, -0.05) is 32.6 Å². The van der Waals surface area contributed by atoms with E-state index in [1.165, 1.54) is 11.6 Å². The number of carbonyl (C=O) groups is 2. The molecular formula is C22H28N6O2. The van der Waals surface area contributed by atoms with E-state index in [0.717, 1.165) is 25.1 Å². The molecular weight excluding hydrogens is 380 g/mol. The Bertz CT molecular complexity index is 926. The first-order valence-electron chi connectivity index (χ1n) is 10.2. The Hall–Kier alpha value is -3.29. The molecule has 0 bridgehead atoms. The van der Waals surface area contributed by atoms with Crippen molar-refractivity contribution in [1.29, 1.82) is 0 Å². The number of primary amides is 1. The van der Waals surface area contributed by atoms with Gasteiger partial charge in [-0.3, -0.25) is 9.59 Å². The SMILES string of the molecule is C=CC(=O)C[C@@H]1CCCN(c2nnc(C(N)=O)c(Nc3ccc(C(C)C)cc3)n2)C1. The minimum atomic E-state index is -0.698. The molecule has 1 fully saturated rings. The van der Waals surface area contributed by atoms with Crippen LogP contribution in [0.2, 0.25) is 0 Å². The molecule has 3 rings (SSSR count). The van der Waals surface area contributed by atoms with Crippen LogP contribution in [-0.4, -0.2) is 40.0 Å². The Morgan fingerprint density at radius 3 is 2.67 bits per heavy atom. The monoisotopic (exact) mass is 408 g/mol. The van der Waals surface area contributed by atoms with Crippen LogP contribution >= 0.6 is 0 Å². The van der Waals surface area contributed by atoms with Gasteiger partial charge in [0, 0.05) is 25.2 Å². The first kappa shape index (κ1) is 21.4. The number of aromatic nitrogens is 3. The number of anilines is 3. The number of hydrogen-bond donors (Lipinski definition) is 2. The van der Waals surface area contributed by atoms with E-state index in [1.807, 2.05) is 29.2 Å². The second kappa shape index (κ2) is 9.47. The topological polar surface area (TPSA) is 114 Å². The summed E-state index contributed by atoms with van der Waals surface area (Å²) in [5.74, 6) is 0.662. The fourth-order valence-corrected chi connectivity index (χ4v) is 3.57. The van der Waals surface area contributed by atoms with Gasteiger partial charge in [-0.05, 0) is 48.4 Å². The zero-order valence-electron chi connectivity index (χ0n) is 17.5. The number of allylic oxidation sites excluding steroid dienone is 1. The maximum Gasteiger partial charge on any atom is 0.273 e. The third-order valence-electron chi connectivity index (χ3n) is 5.27. The lowest BCUT2D eigenvalue weighted by molar-refractivity contribution is -0.115. The summed E-state index contributed by atoms with van der Waals surface area (Å²) in [6.07, 6.45) is 3.72. The van der Waals surface area contributed by atoms with E-state index in [9.17, 15) is 9.59 Å². The Morgan fingerprint density at radius 1 is 1.30 bits per heavy atom. The van der Waals surface area contributed by atoms with Crippen molar-refractivity contribution in [2.75, 3.05) is 23.3 Å². The van der Waals surface area contributed by atoms with Crippen molar-refractivity contribution in [3.63, 3.8) is 0 Å². The van der Waals surface area contributed by atoms with Gasteiger partial charge in [0.25, 0.3) is 5.91 Å². The predicted octanol–water partition coefficient (Wildman–Crippen LogP) is 3.20. The van der Waals surface area contributed by atoms with Crippen LogP contribution in [0.5, 0.6) is 0 Å². The zero-order valence-corrected chi connectivity index (χ0v) is 17.5. The summed E-state index contributed by atoms with van der Waals surface area (Å²) in [5.41, 5.74) is 7.45. The Labute approximate surface area is 176 Å². The first-order chi connectivity index (χ1) is 14.4. The number of nitrogens with two attached hydrogens (primary N) is 1.